The van der Waals surface area contributed by atoms with E-state index in [2.05, 4.69) is 5.16 Å². The maximum absolute atomic E-state index is 6.06. The molecule has 0 saturated carbocycles. The number of hydrogen-bond donors (Lipinski definition) is 0. The molecule has 0 aliphatic carbocycles. The van der Waals surface area contributed by atoms with Gasteiger partial charge in [0.05, 0.1) is 19.9 Å². The van der Waals surface area contributed by atoms with Crippen LogP contribution in [-0.4, -0.2) is 32.8 Å². The van der Waals surface area contributed by atoms with Crippen molar-refractivity contribution in [2.45, 2.75) is 18.9 Å². The molecule has 2 aromatic carbocycles. The lowest BCUT2D eigenvalue weighted by Gasteiger charge is -2.15. The zero-order chi connectivity index (χ0) is 18.1. The van der Waals surface area contributed by atoms with E-state index in [4.69, 9.17) is 35.4 Å². The molecule has 0 fully saturated rings. The fourth-order valence-corrected chi connectivity index (χ4v) is 3.40. The molecule has 2 aliphatic rings. The molecule has 0 saturated heterocycles. The summed E-state index contributed by atoms with van der Waals surface area (Å²) >= 11 is 6.06. The standard InChI is InChI=1S/C19H18ClNO5/c1-22-16-8-12(17(23-2)19-18(16)24-10-25-19)7-14-9-15(21-26-14)11-4-3-5-13(20)6-11/h3-6,8,14H,7,9-10H2,1-2H3/t14-/m1/s1. The van der Waals surface area contributed by atoms with Crippen LogP contribution in [0.25, 0.3) is 0 Å². The number of hydrogen-bond acceptors (Lipinski definition) is 6. The van der Waals surface area contributed by atoms with Gasteiger partial charge in [-0.05, 0) is 18.2 Å². The molecule has 0 spiro atoms. The van der Waals surface area contributed by atoms with E-state index in [9.17, 15) is 0 Å². The van der Waals surface area contributed by atoms with Crippen molar-refractivity contribution in [3.05, 3.63) is 46.5 Å². The van der Waals surface area contributed by atoms with Crippen LogP contribution in [0.1, 0.15) is 17.5 Å². The van der Waals surface area contributed by atoms with Gasteiger partial charge in [0.15, 0.2) is 11.5 Å². The Labute approximate surface area is 156 Å². The van der Waals surface area contributed by atoms with Gasteiger partial charge in [-0.2, -0.15) is 0 Å². The largest absolute Gasteiger partial charge is 0.493 e. The van der Waals surface area contributed by atoms with Crippen LogP contribution in [0.2, 0.25) is 5.02 Å². The number of oxime groups is 1. The first-order valence-corrected chi connectivity index (χ1v) is 8.59. The van der Waals surface area contributed by atoms with E-state index < -0.39 is 0 Å². The predicted molar refractivity (Wildman–Crippen MR) is 96.9 cm³/mol. The summed E-state index contributed by atoms with van der Waals surface area (Å²) in [5.41, 5.74) is 2.76. The third-order valence-electron chi connectivity index (χ3n) is 4.40. The van der Waals surface area contributed by atoms with Gasteiger partial charge in [-0.25, -0.2) is 0 Å². The van der Waals surface area contributed by atoms with E-state index in [1.54, 1.807) is 14.2 Å². The molecule has 0 bridgehead atoms. The topological polar surface area (TPSA) is 58.5 Å². The van der Waals surface area contributed by atoms with Crippen molar-refractivity contribution in [3.63, 3.8) is 0 Å². The molecular formula is C19H18ClNO5. The Kier molecular flexibility index (Phi) is 4.51. The van der Waals surface area contributed by atoms with Crippen molar-refractivity contribution in [2.75, 3.05) is 21.0 Å². The third kappa shape index (κ3) is 3.01. The summed E-state index contributed by atoms with van der Waals surface area (Å²) in [5, 5.41) is 4.90. The highest BCUT2D eigenvalue weighted by Gasteiger charge is 2.30. The molecule has 4 rings (SSSR count). The van der Waals surface area contributed by atoms with Crippen LogP contribution in [0.5, 0.6) is 23.0 Å². The molecule has 2 heterocycles. The van der Waals surface area contributed by atoms with Crippen LogP contribution < -0.4 is 18.9 Å². The SMILES string of the molecule is COc1cc(C[C@@H]2CC(c3cccc(Cl)c3)=NO2)c(OC)c2c1OCO2. The van der Waals surface area contributed by atoms with Gasteiger partial charge >= 0.3 is 0 Å². The first-order chi connectivity index (χ1) is 12.7. The van der Waals surface area contributed by atoms with Crippen molar-refractivity contribution in [1.82, 2.24) is 0 Å². The van der Waals surface area contributed by atoms with Crippen molar-refractivity contribution in [2.24, 2.45) is 5.16 Å². The summed E-state index contributed by atoms with van der Waals surface area (Å²) in [7, 11) is 3.21. The number of methoxy groups -OCH3 is 2. The molecular weight excluding hydrogens is 358 g/mol. The lowest BCUT2D eigenvalue weighted by molar-refractivity contribution is 0.0853. The van der Waals surface area contributed by atoms with E-state index in [1.165, 1.54) is 0 Å². The number of halogens is 1. The highest BCUT2D eigenvalue weighted by atomic mass is 35.5. The first kappa shape index (κ1) is 16.8. The summed E-state index contributed by atoms with van der Waals surface area (Å²) in [4.78, 5) is 5.63. The van der Waals surface area contributed by atoms with Gasteiger partial charge in [0.2, 0.25) is 18.3 Å². The minimum absolute atomic E-state index is 0.108. The van der Waals surface area contributed by atoms with Crippen LogP contribution in [0, 0.1) is 0 Å². The van der Waals surface area contributed by atoms with Crippen molar-refractivity contribution >= 4 is 17.3 Å². The maximum atomic E-state index is 6.06. The molecule has 0 unspecified atom stereocenters. The average molecular weight is 376 g/mol. The molecule has 26 heavy (non-hydrogen) atoms. The second-order valence-corrected chi connectivity index (χ2v) is 6.46. The molecule has 0 aromatic heterocycles. The molecule has 0 N–H and O–H groups in total. The van der Waals surface area contributed by atoms with Crippen LogP contribution in [0.15, 0.2) is 35.5 Å². The Hall–Kier alpha value is -2.60. The van der Waals surface area contributed by atoms with E-state index in [1.807, 2.05) is 30.3 Å². The van der Waals surface area contributed by atoms with Crippen molar-refractivity contribution in [1.29, 1.82) is 0 Å². The quantitative estimate of drug-likeness (QED) is 0.795. The summed E-state index contributed by atoms with van der Waals surface area (Å²) in [6.45, 7) is 0.146. The molecule has 6 nitrogen and oxygen atoms in total. The summed E-state index contributed by atoms with van der Waals surface area (Å²) in [6.07, 6.45) is 1.17. The summed E-state index contributed by atoms with van der Waals surface area (Å²) < 4.78 is 22.0. The van der Waals surface area contributed by atoms with E-state index in [0.29, 0.717) is 40.9 Å². The predicted octanol–water partition coefficient (Wildman–Crippen LogP) is 3.82. The number of benzene rings is 2. The molecule has 136 valence electrons. The first-order valence-electron chi connectivity index (χ1n) is 8.21. The van der Waals surface area contributed by atoms with E-state index >= 15 is 0 Å². The van der Waals surface area contributed by atoms with Crippen LogP contribution >= 0.6 is 11.6 Å². The monoisotopic (exact) mass is 375 g/mol. The Morgan fingerprint density at radius 2 is 2.00 bits per heavy atom. The van der Waals surface area contributed by atoms with Crippen LogP contribution in [0.3, 0.4) is 0 Å². The second-order valence-electron chi connectivity index (χ2n) is 6.02. The highest BCUT2D eigenvalue weighted by Crippen LogP contribution is 2.50. The highest BCUT2D eigenvalue weighted by molar-refractivity contribution is 6.31. The lowest BCUT2D eigenvalue weighted by Crippen LogP contribution is -2.13. The number of rotatable bonds is 5. The molecule has 2 aliphatic heterocycles. The Bertz CT molecular complexity index is 867. The number of ether oxygens (including phenoxy) is 4. The molecule has 2 aromatic rings. The Morgan fingerprint density at radius 3 is 2.77 bits per heavy atom. The van der Waals surface area contributed by atoms with Gasteiger partial charge in [-0.15, -0.1) is 0 Å². The normalized spacial score (nSPS) is 17.7. The summed E-state index contributed by atoms with van der Waals surface area (Å²) in [6, 6.07) is 9.49. The van der Waals surface area contributed by atoms with Gasteiger partial charge in [0.25, 0.3) is 0 Å². The maximum Gasteiger partial charge on any atom is 0.231 e. The van der Waals surface area contributed by atoms with E-state index in [-0.39, 0.29) is 12.9 Å². The molecule has 1 atom stereocenters. The third-order valence-corrected chi connectivity index (χ3v) is 4.64. The fraction of sp³-hybridized carbons (Fsp3) is 0.316. The van der Waals surface area contributed by atoms with Gasteiger partial charge in [-0.3, -0.25) is 0 Å². The zero-order valence-electron chi connectivity index (χ0n) is 14.5. The molecule has 0 radical (unpaired) electrons. The lowest BCUT2D eigenvalue weighted by atomic mass is 9.99. The Morgan fingerprint density at radius 1 is 1.15 bits per heavy atom. The summed E-state index contributed by atoms with van der Waals surface area (Å²) in [5.74, 6) is 2.38. The molecule has 7 heteroatoms. The number of fused-ring (bicyclic) bond motifs is 1. The van der Waals surface area contributed by atoms with Crippen LogP contribution in [0.4, 0.5) is 0 Å². The Balaban J connectivity index is 1.55. The second kappa shape index (κ2) is 6.96. The van der Waals surface area contributed by atoms with Gasteiger partial charge in [-0.1, -0.05) is 28.9 Å². The minimum Gasteiger partial charge on any atom is -0.493 e. The average Bonchev–Trinajstić information content (AvgIpc) is 3.30. The smallest absolute Gasteiger partial charge is 0.231 e. The fourth-order valence-electron chi connectivity index (χ4n) is 3.21. The zero-order valence-corrected chi connectivity index (χ0v) is 15.2. The van der Waals surface area contributed by atoms with E-state index in [0.717, 1.165) is 16.8 Å². The van der Waals surface area contributed by atoms with Crippen molar-refractivity contribution in [3.8, 4) is 23.0 Å². The van der Waals surface area contributed by atoms with Gasteiger partial charge < -0.3 is 23.8 Å². The van der Waals surface area contributed by atoms with Crippen LogP contribution in [-0.2, 0) is 11.3 Å². The molecule has 0 amide bonds. The van der Waals surface area contributed by atoms with Gasteiger partial charge in [0.1, 0.15) is 6.10 Å². The van der Waals surface area contributed by atoms with Crippen molar-refractivity contribution < 1.29 is 23.8 Å². The number of nitrogens with zero attached hydrogens (tertiary/aromatic N) is 1. The van der Waals surface area contributed by atoms with Gasteiger partial charge in [0, 0.05) is 29.0 Å². The minimum atomic E-state index is -0.108.